The van der Waals surface area contributed by atoms with Crippen LogP contribution in [0.2, 0.25) is 0 Å². The Labute approximate surface area is 104 Å². The lowest BCUT2D eigenvalue weighted by molar-refractivity contribution is 0.0698. The molecule has 4 N–H and O–H groups in total. The molecule has 0 aromatic carbocycles. The number of carboxylic acids is 1. The van der Waals surface area contributed by atoms with E-state index in [1.807, 2.05) is 0 Å². The van der Waals surface area contributed by atoms with Gasteiger partial charge in [-0.05, 0) is 12.5 Å². The van der Waals surface area contributed by atoms with Crippen LogP contribution in [0.1, 0.15) is 16.8 Å². The monoisotopic (exact) mass is 271 g/mol. The summed E-state index contributed by atoms with van der Waals surface area (Å²) in [6, 6.07) is 1.03. The third kappa shape index (κ3) is 2.53. The van der Waals surface area contributed by atoms with Gasteiger partial charge in [0.25, 0.3) is 0 Å². The van der Waals surface area contributed by atoms with E-state index >= 15 is 0 Å². The standard InChI is InChI=1S/C10H13N3O4S/c11-8-7(10(14)15)1-3-12-9(8)13-6-2-4-18(16,17)5-6/h1,3,6H,2,4-5,11H2,(H,12,13)(H,14,15). The maximum atomic E-state index is 11.3. The van der Waals surface area contributed by atoms with Crippen molar-refractivity contribution < 1.29 is 18.3 Å². The molecule has 7 nitrogen and oxygen atoms in total. The SMILES string of the molecule is Nc1c(C(=O)O)ccnc1NC1CCS(=O)(=O)C1. The molecule has 1 aliphatic heterocycles. The Balaban J connectivity index is 2.20. The lowest BCUT2D eigenvalue weighted by Crippen LogP contribution is -2.22. The van der Waals surface area contributed by atoms with Crippen LogP contribution in [0, 0.1) is 0 Å². The average Bonchev–Trinajstić information content (AvgIpc) is 2.61. The Morgan fingerprint density at radius 3 is 2.83 bits per heavy atom. The lowest BCUT2D eigenvalue weighted by Gasteiger charge is -2.14. The number of rotatable bonds is 3. The van der Waals surface area contributed by atoms with E-state index in [9.17, 15) is 13.2 Å². The minimum atomic E-state index is -3.00. The molecule has 1 aliphatic rings. The first-order chi connectivity index (χ1) is 8.39. The second-order valence-electron chi connectivity index (χ2n) is 4.17. The van der Waals surface area contributed by atoms with Crippen LogP contribution in [0.4, 0.5) is 11.5 Å². The normalized spacial score (nSPS) is 21.7. The van der Waals surface area contributed by atoms with Gasteiger partial charge in [0, 0.05) is 12.2 Å². The van der Waals surface area contributed by atoms with Gasteiger partial charge in [0.15, 0.2) is 9.84 Å². The number of carbonyl (C=O) groups is 1. The van der Waals surface area contributed by atoms with Crippen molar-refractivity contribution in [1.82, 2.24) is 4.98 Å². The minimum Gasteiger partial charge on any atom is -0.478 e. The fraction of sp³-hybridized carbons (Fsp3) is 0.400. The van der Waals surface area contributed by atoms with Gasteiger partial charge in [0.1, 0.15) is 5.82 Å². The molecule has 0 spiro atoms. The van der Waals surface area contributed by atoms with Crippen LogP contribution in [0.5, 0.6) is 0 Å². The van der Waals surface area contributed by atoms with Crippen molar-refractivity contribution in [3.63, 3.8) is 0 Å². The van der Waals surface area contributed by atoms with Gasteiger partial charge in [-0.15, -0.1) is 0 Å². The summed E-state index contributed by atoms with van der Waals surface area (Å²) in [4.78, 5) is 14.8. The van der Waals surface area contributed by atoms with Crippen molar-refractivity contribution in [3.8, 4) is 0 Å². The number of aromatic nitrogens is 1. The molecule has 0 aliphatic carbocycles. The van der Waals surface area contributed by atoms with Gasteiger partial charge in [0.05, 0.1) is 22.8 Å². The first-order valence-corrected chi connectivity index (χ1v) is 7.16. The van der Waals surface area contributed by atoms with Gasteiger partial charge in [-0.1, -0.05) is 0 Å². The Morgan fingerprint density at radius 1 is 1.56 bits per heavy atom. The number of pyridine rings is 1. The van der Waals surface area contributed by atoms with Crippen LogP contribution in [-0.4, -0.2) is 42.0 Å². The van der Waals surface area contributed by atoms with Crippen LogP contribution in [0.25, 0.3) is 0 Å². The molecular formula is C10H13N3O4S. The van der Waals surface area contributed by atoms with Crippen LogP contribution in [0.15, 0.2) is 12.3 Å². The molecule has 1 unspecified atom stereocenters. The van der Waals surface area contributed by atoms with Crippen molar-refractivity contribution in [2.75, 3.05) is 22.6 Å². The summed E-state index contributed by atoms with van der Waals surface area (Å²) in [5.74, 6) is -0.775. The highest BCUT2D eigenvalue weighted by Gasteiger charge is 2.28. The lowest BCUT2D eigenvalue weighted by atomic mass is 10.2. The highest BCUT2D eigenvalue weighted by atomic mass is 32.2. The molecule has 1 saturated heterocycles. The molecule has 0 bridgehead atoms. The van der Waals surface area contributed by atoms with E-state index in [-0.39, 0.29) is 34.6 Å². The molecule has 1 aromatic rings. The predicted octanol–water partition coefficient (Wildman–Crippen LogP) is -0.0390. The number of anilines is 2. The van der Waals surface area contributed by atoms with E-state index in [1.54, 1.807) is 0 Å². The molecule has 0 saturated carbocycles. The molecule has 0 radical (unpaired) electrons. The van der Waals surface area contributed by atoms with Crippen molar-refractivity contribution in [3.05, 3.63) is 17.8 Å². The van der Waals surface area contributed by atoms with Crippen molar-refractivity contribution in [2.24, 2.45) is 0 Å². The smallest absolute Gasteiger partial charge is 0.337 e. The van der Waals surface area contributed by atoms with Crippen molar-refractivity contribution in [2.45, 2.75) is 12.5 Å². The van der Waals surface area contributed by atoms with Crippen LogP contribution in [0.3, 0.4) is 0 Å². The first-order valence-electron chi connectivity index (χ1n) is 5.34. The second kappa shape index (κ2) is 4.45. The van der Waals surface area contributed by atoms with Crippen LogP contribution < -0.4 is 11.1 Å². The summed E-state index contributed by atoms with van der Waals surface area (Å²) in [6.45, 7) is 0. The molecule has 1 aromatic heterocycles. The zero-order chi connectivity index (χ0) is 13.3. The molecule has 2 rings (SSSR count). The molecule has 18 heavy (non-hydrogen) atoms. The number of aromatic carboxylic acids is 1. The zero-order valence-electron chi connectivity index (χ0n) is 9.46. The molecule has 1 atom stereocenters. The van der Waals surface area contributed by atoms with Gasteiger partial charge >= 0.3 is 5.97 Å². The van der Waals surface area contributed by atoms with Gasteiger partial charge in [-0.2, -0.15) is 0 Å². The van der Waals surface area contributed by atoms with E-state index in [4.69, 9.17) is 10.8 Å². The summed E-state index contributed by atoms with van der Waals surface area (Å²) in [7, 11) is -3.00. The van der Waals surface area contributed by atoms with E-state index in [0.717, 1.165) is 0 Å². The fourth-order valence-electron chi connectivity index (χ4n) is 1.88. The largest absolute Gasteiger partial charge is 0.478 e. The molecule has 1 fully saturated rings. The number of nitrogens with two attached hydrogens (primary N) is 1. The molecule has 2 heterocycles. The number of nitrogens with zero attached hydrogens (tertiary/aromatic N) is 1. The van der Waals surface area contributed by atoms with Gasteiger partial charge in [-0.3, -0.25) is 0 Å². The summed E-state index contributed by atoms with van der Waals surface area (Å²) < 4.78 is 22.6. The second-order valence-corrected chi connectivity index (χ2v) is 6.40. The quantitative estimate of drug-likeness (QED) is 0.705. The number of nitrogen functional groups attached to an aromatic ring is 1. The highest BCUT2D eigenvalue weighted by molar-refractivity contribution is 7.91. The highest BCUT2D eigenvalue weighted by Crippen LogP contribution is 2.23. The summed E-state index contributed by atoms with van der Waals surface area (Å²) >= 11 is 0. The van der Waals surface area contributed by atoms with E-state index in [2.05, 4.69) is 10.3 Å². The molecular weight excluding hydrogens is 258 g/mol. The summed E-state index contributed by atoms with van der Waals surface area (Å²) in [5, 5.41) is 11.8. The number of hydrogen-bond acceptors (Lipinski definition) is 6. The molecule has 98 valence electrons. The number of sulfone groups is 1. The number of nitrogens with one attached hydrogen (secondary N) is 1. The molecule has 0 amide bonds. The topological polar surface area (TPSA) is 122 Å². The number of hydrogen-bond donors (Lipinski definition) is 3. The van der Waals surface area contributed by atoms with E-state index < -0.39 is 15.8 Å². The van der Waals surface area contributed by atoms with Crippen molar-refractivity contribution >= 4 is 27.3 Å². The fourth-order valence-corrected chi connectivity index (χ4v) is 3.55. The number of carboxylic acid groups (broad SMARTS) is 1. The van der Waals surface area contributed by atoms with Gasteiger partial charge < -0.3 is 16.2 Å². The zero-order valence-corrected chi connectivity index (χ0v) is 10.3. The average molecular weight is 271 g/mol. The summed E-state index contributed by atoms with van der Waals surface area (Å²) in [5.41, 5.74) is 5.65. The van der Waals surface area contributed by atoms with Gasteiger partial charge in [0.2, 0.25) is 0 Å². The Kier molecular flexibility index (Phi) is 3.12. The Hall–Kier alpha value is -1.83. The summed E-state index contributed by atoms with van der Waals surface area (Å²) in [6.07, 6.45) is 1.80. The molecule has 8 heteroatoms. The van der Waals surface area contributed by atoms with Crippen LogP contribution >= 0.6 is 0 Å². The van der Waals surface area contributed by atoms with E-state index in [0.29, 0.717) is 6.42 Å². The Bertz CT molecular complexity index is 585. The predicted molar refractivity (Wildman–Crippen MR) is 66.3 cm³/mol. The van der Waals surface area contributed by atoms with Crippen LogP contribution in [-0.2, 0) is 9.84 Å². The van der Waals surface area contributed by atoms with Crippen molar-refractivity contribution in [1.29, 1.82) is 0 Å². The minimum absolute atomic E-state index is 0.0193. The maximum Gasteiger partial charge on any atom is 0.337 e. The van der Waals surface area contributed by atoms with E-state index in [1.165, 1.54) is 12.3 Å². The van der Waals surface area contributed by atoms with Gasteiger partial charge in [-0.25, -0.2) is 18.2 Å². The Morgan fingerprint density at radius 2 is 2.28 bits per heavy atom. The third-order valence-electron chi connectivity index (χ3n) is 2.79. The first kappa shape index (κ1) is 12.6. The third-order valence-corrected chi connectivity index (χ3v) is 4.56. The maximum absolute atomic E-state index is 11.3.